The molecule has 4 aliphatic rings. The van der Waals surface area contributed by atoms with E-state index < -0.39 is 0 Å². The number of nitrogens with one attached hydrogen (secondary N) is 1. The number of anilines is 1. The van der Waals surface area contributed by atoms with Crippen LogP contribution in [0.5, 0.6) is 0 Å². The Balaban J connectivity index is 1.15. The minimum atomic E-state index is 0.195. The minimum absolute atomic E-state index is 0.195. The van der Waals surface area contributed by atoms with Gasteiger partial charge in [-0.3, -0.25) is 4.79 Å². The van der Waals surface area contributed by atoms with Gasteiger partial charge in [0.05, 0.1) is 10.2 Å². The predicted molar refractivity (Wildman–Crippen MR) is 124 cm³/mol. The van der Waals surface area contributed by atoms with Crippen LogP contribution in [-0.4, -0.2) is 10.9 Å². The Morgan fingerprint density at radius 1 is 1.03 bits per heavy atom. The maximum Gasteiger partial charge on any atom is 0.224 e. The van der Waals surface area contributed by atoms with Crippen LogP contribution < -0.4 is 5.32 Å². The van der Waals surface area contributed by atoms with Crippen molar-refractivity contribution in [3.05, 3.63) is 48.0 Å². The molecule has 4 fully saturated rings. The van der Waals surface area contributed by atoms with Crippen molar-refractivity contribution in [3.8, 4) is 10.6 Å². The highest BCUT2D eigenvalue weighted by Crippen LogP contribution is 2.61. The number of nitrogens with zero attached hydrogens (tertiary/aromatic N) is 1. The third kappa shape index (κ3) is 3.35. The summed E-state index contributed by atoms with van der Waals surface area (Å²) in [5.41, 5.74) is 4.60. The molecule has 0 atom stereocenters. The van der Waals surface area contributed by atoms with Gasteiger partial charge in [-0.05, 0) is 111 Å². The van der Waals surface area contributed by atoms with Gasteiger partial charge in [-0.25, -0.2) is 4.98 Å². The molecule has 0 spiro atoms. The Bertz CT molecular complexity index is 1080. The second-order valence-corrected chi connectivity index (χ2v) is 11.2. The van der Waals surface area contributed by atoms with Gasteiger partial charge in [-0.1, -0.05) is 6.07 Å². The van der Waals surface area contributed by atoms with Crippen LogP contribution in [0.3, 0.4) is 0 Å². The van der Waals surface area contributed by atoms with E-state index in [9.17, 15) is 4.79 Å². The molecular weight excluding hydrogens is 388 g/mol. The summed E-state index contributed by atoms with van der Waals surface area (Å²) in [5, 5.41) is 4.20. The standard InChI is InChI=1S/C26H28N2OS/c1-16-2-7-22-23(8-16)30-25(28-22)20-3-5-21(6-4-20)27-24(29)15-26-12-17-9-18(13-26)11-19(10-17)14-26/h2-8,17-19H,9-15H2,1H3,(H,27,29). The van der Waals surface area contributed by atoms with Crippen molar-refractivity contribution < 1.29 is 4.79 Å². The molecule has 4 bridgehead atoms. The van der Waals surface area contributed by atoms with Gasteiger partial charge in [0.2, 0.25) is 5.91 Å². The first-order valence-electron chi connectivity index (χ1n) is 11.3. The smallest absolute Gasteiger partial charge is 0.224 e. The molecule has 0 aliphatic heterocycles. The van der Waals surface area contributed by atoms with Crippen molar-refractivity contribution in [1.82, 2.24) is 4.98 Å². The average Bonchev–Trinajstić information content (AvgIpc) is 3.10. The molecule has 0 saturated heterocycles. The Morgan fingerprint density at radius 2 is 1.70 bits per heavy atom. The monoisotopic (exact) mass is 416 g/mol. The summed E-state index contributed by atoms with van der Waals surface area (Å²) >= 11 is 1.72. The Morgan fingerprint density at radius 3 is 2.37 bits per heavy atom. The van der Waals surface area contributed by atoms with Crippen LogP contribution in [-0.2, 0) is 4.79 Å². The topological polar surface area (TPSA) is 42.0 Å². The molecular formula is C26H28N2OS. The SMILES string of the molecule is Cc1ccc2nc(-c3ccc(NC(=O)CC45CC6CC(CC(C6)C4)C5)cc3)sc2c1. The first kappa shape index (κ1) is 18.6. The van der Waals surface area contributed by atoms with Crippen LogP contribution in [0.1, 0.15) is 50.5 Å². The maximum absolute atomic E-state index is 12.9. The molecule has 4 aliphatic carbocycles. The van der Waals surface area contributed by atoms with Crippen molar-refractivity contribution >= 4 is 33.1 Å². The number of aryl methyl sites for hydroxylation is 1. The molecule has 1 amide bonds. The number of amides is 1. The van der Waals surface area contributed by atoms with Gasteiger partial charge in [-0.2, -0.15) is 0 Å². The van der Waals surface area contributed by atoms with Gasteiger partial charge in [0.1, 0.15) is 5.01 Å². The molecule has 1 N–H and O–H groups in total. The molecule has 1 heterocycles. The van der Waals surface area contributed by atoms with Gasteiger partial charge in [0.25, 0.3) is 0 Å². The number of carbonyl (C=O) groups is 1. The molecule has 4 heteroatoms. The van der Waals surface area contributed by atoms with Crippen LogP contribution in [0.15, 0.2) is 42.5 Å². The fourth-order valence-corrected chi connectivity index (χ4v) is 7.97. The van der Waals surface area contributed by atoms with Crippen molar-refractivity contribution in [2.75, 3.05) is 5.32 Å². The zero-order valence-electron chi connectivity index (χ0n) is 17.5. The summed E-state index contributed by atoms with van der Waals surface area (Å²) in [5.74, 6) is 2.86. The van der Waals surface area contributed by atoms with Crippen LogP contribution >= 0.6 is 11.3 Å². The van der Waals surface area contributed by atoms with Crippen molar-refractivity contribution in [2.45, 2.75) is 51.9 Å². The van der Waals surface area contributed by atoms with Crippen molar-refractivity contribution in [3.63, 3.8) is 0 Å². The molecule has 3 aromatic rings. The number of carbonyl (C=O) groups excluding carboxylic acids is 1. The molecule has 2 aromatic carbocycles. The highest BCUT2D eigenvalue weighted by Gasteiger charge is 2.51. The lowest BCUT2D eigenvalue weighted by Gasteiger charge is -2.56. The zero-order chi connectivity index (χ0) is 20.3. The number of benzene rings is 2. The molecule has 0 radical (unpaired) electrons. The van der Waals surface area contributed by atoms with Gasteiger partial charge >= 0.3 is 0 Å². The van der Waals surface area contributed by atoms with Crippen LogP contribution in [0.4, 0.5) is 5.69 Å². The van der Waals surface area contributed by atoms with E-state index in [1.807, 2.05) is 12.1 Å². The fraction of sp³-hybridized carbons (Fsp3) is 0.462. The van der Waals surface area contributed by atoms with Gasteiger partial charge in [0, 0.05) is 17.7 Å². The van der Waals surface area contributed by atoms with Crippen molar-refractivity contribution in [1.29, 1.82) is 0 Å². The molecule has 30 heavy (non-hydrogen) atoms. The van der Waals surface area contributed by atoms with Gasteiger partial charge in [-0.15, -0.1) is 11.3 Å². The Kier molecular flexibility index (Phi) is 4.28. The summed E-state index contributed by atoms with van der Waals surface area (Å²) < 4.78 is 1.22. The molecule has 3 nitrogen and oxygen atoms in total. The van der Waals surface area contributed by atoms with E-state index in [1.54, 1.807) is 11.3 Å². The normalized spacial score (nSPS) is 29.4. The average molecular weight is 417 g/mol. The first-order valence-corrected chi connectivity index (χ1v) is 12.1. The van der Waals surface area contributed by atoms with Crippen LogP contribution in [0.25, 0.3) is 20.8 Å². The largest absolute Gasteiger partial charge is 0.326 e. The molecule has 4 saturated carbocycles. The molecule has 0 unspecified atom stereocenters. The zero-order valence-corrected chi connectivity index (χ0v) is 18.3. The first-order chi connectivity index (χ1) is 14.5. The Labute approximate surface area is 181 Å². The second-order valence-electron chi connectivity index (χ2n) is 10.2. The summed E-state index contributed by atoms with van der Waals surface area (Å²) in [6.07, 6.45) is 8.82. The van der Waals surface area contributed by atoms with E-state index in [0.29, 0.717) is 6.42 Å². The van der Waals surface area contributed by atoms with E-state index in [1.165, 1.54) is 48.8 Å². The highest BCUT2D eigenvalue weighted by molar-refractivity contribution is 7.21. The highest BCUT2D eigenvalue weighted by atomic mass is 32.1. The molecule has 7 rings (SSSR count). The minimum Gasteiger partial charge on any atom is -0.326 e. The summed E-state index contributed by atoms with van der Waals surface area (Å²) in [7, 11) is 0. The number of aromatic nitrogens is 1. The summed E-state index contributed by atoms with van der Waals surface area (Å²) in [6.45, 7) is 2.11. The second kappa shape index (κ2) is 6.91. The number of fused-ring (bicyclic) bond motifs is 1. The number of hydrogen-bond donors (Lipinski definition) is 1. The lowest BCUT2D eigenvalue weighted by atomic mass is 9.49. The maximum atomic E-state index is 12.9. The van der Waals surface area contributed by atoms with Crippen molar-refractivity contribution in [2.24, 2.45) is 23.2 Å². The Hall–Kier alpha value is -2.20. The lowest BCUT2D eigenvalue weighted by Crippen LogP contribution is -2.47. The van der Waals surface area contributed by atoms with Crippen LogP contribution in [0.2, 0.25) is 0 Å². The summed E-state index contributed by atoms with van der Waals surface area (Å²) in [4.78, 5) is 17.6. The third-order valence-electron chi connectivity index (χ3n) is 7.66. The number of thiazole rings is 1. The van der Waals surface area contributed by atoms with Gasteiger partial charge in [0.15, 0.2) is 0 Å². The van der Waals surface area contributed by atoms with E-state index in [4.69, 9.17) is 4.98 Å². The molecule has 154 valence electrons. The number of hydrogen-bond acceptors (Lipinski definition) is 3. The molecule has 1 aromatic heterocycles. The summed E-state index contributed by atoms with van der Waals surface area (Å²) in [6, 6.07) is 14.6. The van der Waals surface area contributed by atoms with E-state index in [0.717, 1.165) is 39.5 Å². The predicted octanol–water partition coefficient (Wildman–Crippen LogP) is 6.82. The van der Waals surface area contributed by atoms with E-state index >= 15 is 0 Å². The number of rotatable bonds is 4. The quantitative estimate of drug-likeness (QED) is 0.507. The van der Waals surface area contributed by atoms with Crippen LogP contribution in [0, 0.1) is 30.1 Å². The van der Waals surface area contributed by atoms with E-state index in [-0.39, 0.29) is 11.3 Å². The van der Waals surface area contributed by atoms with Gasteiger partial charge < -0.3 is 5.32 Å². The lowest BCUT2D eigenvalue weighted by molar-refractivity contribution is -0.124. The fourth-order valence-electron chi connectivity index (χ4n) is 6.90. The van der Waals surface area contributed by atoms with E-state index in [2.05, 4.69) is 42.6 Å². The third-order valence-corrected chi connectivity index (χ3v) is 8.73.